The van der Waals surface area contributed by atoms with Crippen molar-refractivity contribution in [3.8, 4) is 0 Å². The number of allylic oxidation sites excluding steroid dienone is 1. The van der Waals surface area contributed by atoms with Gasteiger partial charge in [0, 0.05) is 5.92 Å². The second-order valence-corrected chi connectivity index (χ2v) is 5.06. The average Bonchev–Trinajstić information content (AvgIpc) is 2.29. The van der Waals surface area contributed by atoms with Crippen molar-refractivity contribution < 1.29 is 4.79 Å². The van der Waals surface area contributed by atoms with Crippen LogP contribution in [-0.4, -0.2) is 5.78 Å². The van der Waals surface area contributed by atoms with Crippen molar-refractivity contribution in [1.29, 1.82) is 0 Å². The van der Waals surface area contributed by atoms with Gasteiger partial charge in [-0.3, -0.25) is 4.79 Å². The van der Waals surface area contributed by atoms with Gasteiger partial charge in [-0.05, 0) is 18.9 Å². The molecule has 0 heterocycles. The third-order valence-corrected chi connectivity index (χ3v) is 3.71. The molecule has 0 N–H and O–H groups in total. The molecule has 0 aromatic carbocycles. The molecular weight excluding hydrogens is 196 g/mol. The van der Waals surface area contributed by atoms with Crippen LogP contribution in [0.1, 0.15) is 70.6 Å². The number of ketones is 1. The molecule has 1 nitrogen and oxygen atoms in total. The highest BCUT2D eigenvalue weighted by molar-refractivity contribution is 5.91. The van der Waals surface area contributed by atoms with Crippen LogP contribution in [0, 0.1) is 5.92 Å². The molecule has 0 spiro atoms. The van der Waals surface area contributed by atoms with Crippen molar-refractivity contribution in [3.05, 3.63) is 12.7 Å². The normalized spacial score (nSPS) is 21.8. The van der Waals surface area contributed by atoms with Gasteiger partial charge in [0.05, 0.1) is 0 Å². The van der Waals surface area contributed by atoms with E-state index in [2.05, 4.69) is 6.58 Å². The van der Waals surface area contributed by atoms with E-state index in [0.717, 1.165) is 12.8 Å². The van der Waals surface area contributed by atoms with Crippen LogP contribution in [0.15, 0.2) is 12.7 Å². The minimum absolute atomic E-state index is 0.275. The largest absolute Gasteiger partial charge is 0.295 e. The molecule has 0 bridgehead atoms. The van der Waals surface area contributed by atoms with E-state index >= 15 is 0 Å². The highest BCUT2D eigenvalue weighted by Crippen LogP contribution is 2.21. The summed E-state index contributed by atoms with van der Waals surface area (Å²) in [7, 11) is 0. The molecule has 0 unspecified atom stereocenters. The van der Waals surface area contributed by atoms with E-state index in [0.29, 0.717) is 0 Å². The van der Waals surface area contributed by atoms with E-state index < -0.39 is 0 Å². The summed E-state index contributed by atoms with van der Waals surface area (Å²) in [5.74, 6) is 0.550. The van der Waals surface area contributed by atoms with Crippen LogP contribution in [0.3, 0.4) is 0 Å². The molecule has 0 radical (unpaired) electrons. The van der Waals surface area contributed by atoms with E-state index in [1.165, 1.54) is 63.9 Å². The van der Waals surface area contributed by atoms with Crippen molar-refractivity contribution in [3.63, 3.8) is 0 Å². The molecule has 0 aromatic heterocycles. The smallest absolute Gasteiger partial charge is 0.158 e. The average molecular weight is 222 g/mol. The Balaban J connectivity index is 2.35. The molecule has 1 heteroatoms. The maximum absolute atomic E-state index is 11.7. The molecule has 0 aromatic rings. The second-order valence-electron chi connectivity index (χ2n) is 5.06. The third-order valence-electron chi connectivity index (χ3n) is 3.71. The molecule has 16 heavy (non-hydrogen) atoms. The monoisotopic (exact) mass is 222 g/mol. The molecule has 0 atom stereocenters. The summed E-state index contributed by atoms with van der Waals surface area (Å²) < 4.78 is 0. The topological polar surface area (TPSA) is 17.1 Å². The summed E-state index contributed by atoms with van der Waals surface area (Å²) >= 11 is 0. The van der Waals surface area contributed by atoms with E-state index in [4.69, 9.17) is 0 Å². The van der Waals surface area contributed by atoms with E-state index in [-0.39, 0.29) is 11.7 Å². The summed E-state index contributed by atoms with van der Waals surface area (Å²) in [6.45, 7) is 3.62. The van der Waals surface area contributed by atoms with Gasteiger partial charge in [0.25, 0.3) is 0 Å². The Morgan fingerprint density at radius 2 is 1.19 bits per heavy atom. The first-order valence-corrected chi connectivity index (χ1v) is 7.01. The molecular formula is C15H26O. The molecule has 0 aliphatic heterocycles. The number of hydrogen-bond donors (Lipinski definition) is 0. The first kappa shape index (κ1) is 13.5. The van der Waals surface area contributed by atoms with Crippen LogP contribution in [0.5, 0.6) is 0 Å². The highest BCUT2D eigenvalue weighted by atomic mass is 16.1. The summed E-state index contributed by atoms with van der Waals surface area (Å²) in [4.78, 5) is 11.7. The minimum Gasteiger partial charge on any atom is -0.295 e. The van der Waals surface area contributed by atoms with Crippen LogP contribution in [0.2, 0.25) is 0 Å². The standard InChI is InChI=1S/C15H26O/c1-2-15(16)14-12-10-8-6-4-3-5-7-9-11-13-14/h2,14H,1,3-13H2. The first-order chi connectivity index (χ1) is 7.84. The zero-order chi connectivity index (χ0) is 11.6. The molecule has 1 aliphatic carbocycles. The third kappa shape index (κ3) is 5.48. The SMILES string of the molecule is C=CC(=O)C1CCCCCCCCCCC1. The Kier molecular flexibility index (Phi) is 7.20. The van der Waals surface area contributed by atoms with Crippen LogP contribution in [-0.2, 0) is 4.79 Å². The fourth-order valence-corrected chi connectivity index (χ4v) is 2.61. The number of carbonyl (C=O) groups excluding carboxylic acids is 1. The van der Waals surface area contributed by atoms with Crippen molar-refractivity contribution in [2.24, 2.45) is 5.92 Å². The first-order valence-electron chi connectivity index (χ1n) is 7.01. The van der Waals surface area contributed by atoms with Gasteiger partial charge in [-0.2, -0.15) is 0 Å². The molecule has 1 saturated carbocycles. The van der Waals surface area contributed by atoms with Gasteiger partial charge in [-0.15, -0.1) is 0 Å². The fraction of sp³-hybridized carbons (Fsp3) is 0.800. The zero-order valence-electron chi connectivity index (χ0n) is 10.5. The molecule has 1 rings (SSSR count). The summed E-state index contributed by atoms with van der Waals surface area (Å²) in [6, 6.07) is 0. The highest BCUT2D eigenvalue weighted by Gasteiger charge is 2.14. The minimum atomic E-state index is 0.275. The van der Waals surface area contributed by atoms with Crippen molar-refractivity contribution >= 4 is 5.78 Å². The van der Waals surface area contributed by atoms with Gasteiger partial charge in [-0.1, -0.05) is 64.4 Å². The van der Waals surface area contributed by atoms with E-state index in [1.807, 2.05) is 0 Å². The van der Waals surface area contributed by atoms with Crippen LogP contribution in [0.4, 0.5) is 0 Å². The van der Waals surface area contributed by atoms with Gasteiger partial charge >= 0.3 is 0 Å². The van der Waals surface area contributed by atoms with Gasteiger partial charge < -0.3 is 0 Å². The van der Waals surface area contributed by atoms with Gasteiger partial charge in [0.2, 0.25) is 0 Å². The quantitative estimate of drug-likeness (QED) is 0.621. The summed E-state index contributed by atoms with van der Waals surface area (Å²) in [5.41, 5.74) is 0. The van der Waals surface area contributed by atoms with Crippen LogP contribution >= 0.6 is 0 Å². The van der Waals surface area contributed by atoms with Crippen LogP contribution in [0.25, 0.3) is 0 Å². The van der Waals surface area contributed by atoms with Crippen molar-refractivity contribution in [1.82, 2.24) is 0 Å². The van der Waals surface area contributed by atoms with Crippen molar-refractivity contribution in [2.45, 2.75) is 70.6 Å². The van der Waals surface area contributed by atoms with Gasteiger partial charge in [0.15, 0.2) is 5.78 Å². The lowest BCUT2D eigenvalue weighted by molar-refractivity contribution is -0.118. The van der Waals surface area contributed by atoms with Gasteiger partial charge in [-0.25, -0.2) is 0 Å². The maximum Gasteiger partial charge on any atom is 0.158 e. The summed E-state index contributed by atoms with van der Waals surface area (Å²) in [5, 5.41) is 0. The van der Waals surface area contributed by atoms with E-state index in [9.17, 15) is 4.79 Å². The van der Waals surface area contributed by atoms with Crippen LogP contribution < -0.4 is 0 Å². The predicted octanol–water partition coefficient (Wildman–Crippen LogP) is 4.66. The van der Waals surface area contributed by atoms with Crippen molar-refractivity contribution in [2.75, 3.05) is 0 Å². The Hall–Kier alpha value is -0.590. The van der Waals surface area contributed by atoms with Gasteiger partial charge in [0.1, 0.15) is 0 Å². The number of rotatable bonds is 2. The Bertz CT molecular complexity index is 195. The molecule has 1 fully saturated rings. The second kappa shape index (κ2) is 8.55. The maximum atomic E-state index is 11.7. The Morgan fingerprint density at radius 3 is 1.56 bits per heavy atom. The Labute approximate surface area is 100 Å². The lowest BCUT2D eigenvalue weighted by atomic mass is 9.90. The predicted molar refractivity (Wildman–Crippen MR) is 69.5 cm³/mol. The van der Waals surface area contributed by atoms with E-state index in [1.54, 1.807) is 0 Å². The lowest BCUT2D eigenvalue weighted by Gasteiger charge is -2.14. The molecule has 0 saturated heterocycles. The molecule has 1 aliphatic rings. The lowest BCUT2D eigenvalue weighted by Crippen LogP contribution is -2.12. The molecule has 92 valence electrons. The number of carbonyl (C=O) groups is 1. The number of hydrogen-bond acceptors (Lipinski definition) is 1. The fourth-order valence-electron chi connectivity index (χ4n) is 2.61. The molecule has 0 amide bonds. The Morgan fingerprint density at radius 1 is 0.812 bits per heavy atom. The summed E-state index contributed by atoms with van der Waals surface area (Å²) in [6.07, 6.45) is 15.7. The zero-order valence-corrected chi connectivity index (χ0v) is 10.5.